The first-order valence-electron chi connectivity index (χ1n) is 3.56. The lowest BCUT2D eigenvalue weighted by molar-refractivity contribution is -0.117. The molecular weight excluding hydrogens is 156 g/mol. The third kappa shape index (κ3) is 4.35. The Kier molecular flexibility index (Phi) is 4.57. The van der Waals surface area contributed by atoms with Gasteiger partial charge in [-0.05, 0) is 12.5 Å². The van der Waals surface area contributed by atoms with E-state index in [9.17, 15) is 4.79 Å². The van der Waals surface area contributed by atoms with E-state index in [-0.39, 0.29) is 11.9 Å². The molecule has 66 valence electrons. The number of amides is 1. The minimum atomic E-state index is -0.224. The van der Waals surface area contributed by atoms with Crippen molar-refractivity contribution in [2.45, 2.75) is 19.9 Å². The number of azide groups is 1. The molecule has 1 unspecified atom stereocenters. The summed E-state index contributed by atoms with van der Waals surface area (Å²) >= 11 is 0. The third-order valence-electron chi connectivity index (χ3n) is 1.19. The highest BCUT2D eigenvalue weighted by molar-refractivity contribution is 5.92. The van der Waals surface area contributed by atoms with Crippen LogP contribution in [0.1, 0.15) is 13.8 Å². The first-order chi connectivity index (χ1) is 5.57. The molecule has 0 aliphatic rings. The summed E-state index contributed by atoms with van der Waals surface area (Å²) < 4.78 is 0. The van der Waals surface area contributed by atoms with Crippen molar-refractivity contribution in [1.82, 2.24) is 5.32 Å². The molecule has 0 fully saturated rings. The Bertz CT molecular complexity index is 230. The van der Waals surface area contributed by atoms with E-state index in [0.717, 1.165) is 0 Å². The minimum Gasteiger partial charge on any atom is -0.352 e. The maximum atomic E-state index is 10.9. The summed E-state index contributed by atoms with van der Waals surface area (Å²) in [6.07, 6.45) is 0. The molecule has 12 heavy (non-hydrogen) atoms. The molecule has 0 aromatic heterocycles. The number of rotatable bonds is 4. The zero-order chi connectivity index (χ0) is 9.56. The summed E-state index contributed by atoms with van der Waals surface area (Å²) in [6.45, 7) is 7.15. The van der Waals surface area contributed by atoms with Gasteiger partial charge < -0.3 is 5.32 Å². The number of carbonyl (C=O) groups is 1. The molecule has 5 nitrogen and oxygen atoms in total. The molecule has 0 aromatic rings. The van der Waals surface area contributed by atoms with Gasteiger partial charge in [0.1, 0.15) is 0 Å². The fourth-order valence-corrected chi connectivity index (χ4v) is 0.520. The van der Waals surface area contributed by atoms with Crippen molar-refractivity contribution in [1.29, 1.82) is 0 Å². The van der Waals surface area contributed by atoms with E-state index in [0.29, 0.717) is 12.1 Å². The van der Waals surface area contributed by atoms with Gasteiger partial charge >= 0.3 is 0 Å². The highest BCUT2D eigenvalue weighted by atomic mass is 16.1. The van der Waals surface area contributed by atoms with Gasteiger partial charge in [-0.25, -0.2) is 0 Å². The van der Waals surface area contributed by atoms with Gasteiger partial charge in [0.15, 0.2) is 0 Å². The molecule has 0 aliphatic carbocycles. The topological polar surface area (TPSA) is 77.9 Å². The molecular formula is C7H12N4O. The maximum absolute atomic E-state index is 10.9. The molecule has 0 rings (SSSR count). The van der Waals surface area contributed by atoms with E-state index in [2.05, 4.69) is 21.9 Å². The van der Waals surface area contributed by atoms with Gasteiger partial charge in [-0.1, -0.05) is 18.6 Å². The summed E-state index contributed by atoms with van der Waals surface area (Å²) in [4.78, 5) is 13.5. The molecule has 0 saturated heterocycles. The SMILES string of the molecule is C=C(C)C(=O)NCC(C)N=[N+]=[N-]. The standard InChI is InChI=1S/C7H12N4O/c1-5(2)7(12)9-4-6(3)10-11-8/h6H,1,4H2,2-3H3,(H,9,12). The average molecular weight is 168 g/mol. The third-order valence-corrected chi connectivity index (χ3v) is 1.19. The van der Waals surface area contributed by atoms with E-state index in [1.165, 1.54) is 0 Å². The van der Waals surface area contributed by atoms with Gasteiger partial charge in [0.25, 0.3) is 0 Å². The number of hydrogen-bond acceptors (Lipinski definition) is 2. The molecule has 0 radical (unpaired) electrons. The van der Waals surface area contributed by atoms with Crippen LogP contribution in [0.2, 0.25) is 0 Å². The Hall–Kier alpha value is -1.48. The number of nitrogens with zero attached hydrogens (tertiary/aromatic N) is 3. The second-order valence-corrected chi connectivity index (χ2v) is 2.54. The lowest BCUT2D eigenvalue weighted by Crippen LogP contribution is -2.29. The van der Waals surface area contributed by atoms with Crippen LogP contribution >= 0.6 is 0 Å². The zero-order valence-corrected chi connectivity index (χ0v) is 7.24. The summed E-state index contributed by atoms with van der Waals surface area (Å²) in [5, 5.41) is 5.96. The Labute approximate surface area is 71.1 Å². The van der Waals surface area contributed by atoms with Crippen molar-refractivity contribution in [3.63, 3.8) is 0 Å². The van der Waals surface area contributed by atoms with E-state index >= 15 is 0 Å². The van der Waals surface area contributed by atoms with Crippen LogP contribution in [0.5, 0.6) is 0 Å². The van der Waals surface area contributed by atoms with Crippen molar-refractivity contribution < 1.29 is 4.79 Å². The van der Waals surface area contributed by atoms with E-state index < -0.39 is 0 Å². The van der Waals surface area contributed by atoms with Crippen molar-refractivity contribution >= 4 is 5.91 Å². The molecule has 5 heteroatoms. The largest absolute Gasteiger partial charge is 0.352 e. The Balaban J connectivity index is 3.75. The van der Waals surface area contributed by atoms with Crippen molar-refractivity contribution in [2.75, 3.05) is 6.54 Å². The molecule has 0 aliphatic heterocycles. The molecule has 1 amide bonds. The second kappa shape index (κ2) is 5.21. The normalized spacial score (nSPS) is 11.2. The lowest BCUT2D eigenvalue weighted by atomic mass is 10.3. The van der Waals surface area contributed by atoms with Gasteiger partial charge in [-0.3, -0.25) is 4.79 Å². The van der Waals surface area contributed by atoms with Crippen LogP contribution in [0.15, 0.2) is 17.3 Å². The van der Waals surface area contributed by atoms with Crippen molar-refractivity contribution in [3.8, 4) is 0 Å². The number of carbonyl (C=O) groups excluding carboxylic acids is 1. The summed E-state index contributed by atoms with van der Waals surface area (Å²) in [6, 6.07) is -0.224. The molecule has 1 N–H and O–H groups in total. The van der Waals surface area contributed by atoms with Crippen LogP contribution in [-0.2, 0) is 4.79 Å². The quantitative estimate of drug-likeness (QED) is 0.292. The predicted molar refractivity (Wildman–Crippen MR) is 46.4 cm³/mol. The fraction of sp³-hybridized carbons (Fsp3) is 0.571. The summed E-state index contributed by atoms with van der Waals surface area (Å²) in [5.41, 5.74) is 8.49. The molecule has 0 heterocycles. The number of nitrogens with one attached hydrogen (secondary N) is 1. The molecule has 0 bridgehead atoms. The van der Waals surface area contributed by atoms with Crippen molar-refractivity contribution in [2.24, 2.45) is 5.11 Å². The van der Waals surface area contributed by atoms with Crippen LogP contribution in [0.4, 0.5) is 0 Å². The van der Waals surface area contributed by atoms with Gasteiger partial charge in [0.2, 0.25) is 5.91 Å². The Morgan fingerprint density at radius 3 is 2.83 bits per heavy atom. The van der Waals surface area contributed by atoms with Crippen molar-refractivity contribution in [3.05, 3.63) is 22.6 Å². The zero-order valence-electron chi connectivity index (χ0n) is 7.24. The first kappa shape index (κ1) is 10.5. The predicted octanol–water partition coefficient (Wildman–Crippen LogP) is 1.38. The van der Waals surface area contributed by atoms with Gasteiger partial charge in [-0.2, -0.15) is 0 Å². The van der Waals surface area contributed by atoms with Crippen LogP contribution < -0.4 is 5.32 Å². The number of hydrogen-bond donors (Lipinski definition) is 1. The highest BCUT2D eigenvalue weighted by Gasteiger charge is 2.02. The van der Waals surface area contributed by atoms with Gasteiger partial charge in [0.05, 0.1) is 6.04 Å². The molecule has 0 spiro atoms. The molecule has 0 aromatic carbocycles. The second-order valence-electron chi connectivity index (χ2n) is 2.54. The molecule has 1 atom stereocenters. The van der Waals surface area contributed by atoms with Gasteiger partial charge in [0, 0.05) is 17.0 Å². The van der Waals surface area contributed by atoms with E-state index in [4.69, 9.17) is 5.53 Å². The smallest absolute Gasteiger partial charge is 0.246 e. The molecule has 0 saturated carbocycles. The first-order valence-corrected chi connectivity index (χ1v) is 3.56. The maximum Gasteiger partial charge on any atom is 0.246 e. The van der Waals surface area contributed by atoms with E-state index in [1.807, 2.05) is 0 Å². The van der Waals surface area contributed by atoms with Gasteiger partial charge in [-0.15, -0.1) is 0 Å². The average Bonchev–Trinajstić information content (AvgIpc) is 2.00. The van der Waals surface area contributed by atoms with Crippen LogP contribution in [-0.4, -0.2) is 18.5 Å². The highest BCUT2D eigenvalue weighted by Crippen LogP contribution is 1.89. The fourth-order valence-electron chi connectivity index (χ4n) is 0.520. The lowest BCUT2D eigenvalue weighted by Gasteiger charge is -2.05. The Morgan fingerprint density at radius 2 is 2.42 bits per heavy atom. The Morgan fingerprint density at radius 1 is 1.83 bits per heavy atom. The van der Waals surface area contributed by atoms with Crippen LogP contribution in [0.25, 0.3) is 10.4 Å². The monoisotopic (exact) mass is 168 g/mol. The minimum absolute atomic E-state index is 0.213. The summed E-state index contributed by atoms with van der Waals surface area (Å²) in [5.74, 6) is -0.213. The summed E-state index contributed by atoms with van der Waals surface area (Å²) in [7, 11) is 0. The van der Waals surface area contributed by atoms with Crippen LogP contribution in [0.3, 0.4) is 0 Å². The van der Waals surface area contributed by atoms with E-state index in [1.54, 1.807) is 13.8 Å². The van der Waals surface area contributed by atoms with Crippen LogP contribution in [0, 0.1) is 0 Å².